The van der Waals surface area contributed by atoms with Crippen LogP contribution in [0.2, 0.25) is 0 Å². The van der Waals surface area contributed by atoms with Gasteiger partial charge in [-0.1, -0.05) is 15.9 Å². The third-order valence-corrected chi connectivity index (χ3v) is 6.34. The van der Waals surface area contributed by atoms with Crippen LogP contribution in [-0.2, 0) is 14.8 Å². The molecule has 1 aliphatic heterocycles. The number of carbonyl (C=O) groups is 1. The lowest BCUT2D eigenvalue weighted by Crippen LogP contribution is -2.39. The molecule has 0 atom stereocenters. The van der Waals surface area contributed by atoms with Gasteiger partial charge in [0.2, 0.25) is 15.9 Å². The van der Waals surface area contributed by atoms with Gasteiger partial charge < -0.3 is 4.90 Å². The predicted octanol–water partition coefficient (Wildman–Crippen LogP) is 2.00. The minimum absolute atomic E-state index is 0.114. The molecule has 0 aromatic heterocycles. The third kappa shape index (κ3) is 3.64. The lowest BCUT2D eigenvalue weighted by molar-refractivity contribution is -0.130. The summed E-state index contributed by atoms with van der Waals surface area (Å²) in [7, 11) is -2.19. The molecule has 1 aliphatic rings. The van der Waals surface area contributed by atoms with Crippen LogP contribution in [0.25, 0.3) is 0 Å². The van der Waals surface area contributed by atoms with E-state index in [0.29, 0.717) is 0 Å². The number of rotatable bonds is 4. The Morgan fingerprint density at radius 1 is 1.33 bits per heavy atom. The van der Waals surface area contributed by atoms with Gasteiger partial charge in [0.05, 0.1) is 11.4 Å². The van der Waals surface area contributed by atoms with Gasteiger partial charge in [-0.3, -0.25) is 4.79 Å². The Labute approximate surface area is 134 Å². The van der Waals surface area contributed by atoms with Gasteiger partial charge in [0.15, 0.2) is 0 Å². The normalized spacial score (nSPS) is 15.7. The van der Waals surface area contributed by atoms with Crippen molar-refractivity contribution in [3.05, 3.63) is 28.2 Å². The van der Waals surface area contributed by atoms with Crippen molar-refractivity contribution in [1.29, 1.82) is 0 Å². The molecule has 0 bridgehead atoms. The number of amides is 1. The van der Waals surface area contributed by atoms with E-state index in [1.54, 1.807) is 23.1 Å². The second kappa shape index (κ2) is 6.46. The highest BCUT2D eigenvalue weighted by Crippen LogP contribution is 2.22. The number of carbonyl (C=O) groups excluding carboxylic acids is 1. The van der Waals surface area contributed by atoms with E-state index in [0.717, 1.165) is 40.3 Å². The highest BCUT2D eigenvalue weighted by Gasteiger charge is 2.26. The zero-order chi connectivity index (χ0) is 15.6. The van der Waals surface area contributed by atoms with Crippen LogP contribution in [0.4, 0.5) is 0 Å². The maximum Gasteiger partial charge on any atom is 0.243 e. The van der Waals surface area contributed by atoms with Crippen LogP contribution < -0.4 is 0 Å². The molecule has 0 spiro atoms. The van der Waals surface area contributed by atoms with E-state index in [9.17, 15) is 13.2 Å². The van der Waals surface area contributed by atoms with E-state index in [1.165, 1.54) is 7.05 Å². The number of aryl methyl sites for hydroxylation is 1. The predicted molar refractivity (Wildman–Crippen MR) is 84.5 cm³/mol. The van der Waals surface area contributed by atoms with E-state index in [4.69, 9.17) is 0 Å². The van der Waals surface area contributed by atoms with Crippen LogP contribution in [-0.4, -0.2) is 50.2 Å². The summed E-state index contributed by atoms with van der Waals surface area (Å²) in [6.07, 6.45) is 1.99. The smallest absolute Gasteiger partial charge is 0.243 e. The molecular formula is C14H19BrN2O3S. The highest BCUT2D eigenvalue weighted by atomic mass is 79.9. The number of hydrogen-bond donors (Lipinski definition) is 0. The summed E-state index contributed by atoms with van der Waals surface area (Å²) in [5, 5.41) is 0. The Hall–Kier alpha value is -0.920. The molecule has 7 heteroatoms. The fraction of sp³-hybridized carbons (Fsp3) is 0.500. The van der Waals surface area contributed by atoms with Crippen molar-refractivity contribution in [3.8, 4) is 0 Å². The van der Waals surface area contributed by atoms with Crippen molar-refractivity contribution in [1.82, 2.24) is 9.21 Å². The van der Waals surface area contributed by atoms with Crippen LogP contribution in [0, 0.1) is 6.92 Å². The number of likely N-dealkylation sites (N-methyl/N-ethyl adjacent to an activating group) is 1. The molecule has 1 saturated heterocycles. The molecule has 116 valence electrons. The number of sulfonamides is 1. The van der Waals surface area contributed by atoms with Gasteiger partial charge in [0.25, 0.3) is 0 Å². The molecule has 1 aromatic carbocycles. The number of likely N-dealkylation sites (tertiary alicyclic amines) is 1. The summed E-state index contributed by atoms with van der Waals surface area (Å²) < 4.78 is 27.0. The second-order valence-electron chi connectivity index (χ2n) is 5.26. The SMILES string of the molecule is Cc1cc(S(=O)(=O)N(C)CC(=O)N2CCCC2)ccc1Br. The van der Waals surface area contributed by atoms with Gasteiger partial charge in [-0.15, -0.1) is 0 Å². The summed E-state index contributed by atoms with van der Waals surface area (Å²) in [6.45, 7) is 3.17. The molecule has 0 saturated carbocycles. The molecule has 1 fully saturated rings. The first-order valence-electron chi connectivity index (χ1n) is 6.82. The number of benzene rings is 1. The van der Waals surface area contributed by atoms with E-state index >= 15 is 0 Å². The van der Waals surface area contributed by atoms with E-state index in [1.807, 2.05) is 6.92 Å². The molecule has 1 aromatic rings. The maximum atomic E-state index is 12.5. The molecule has 0 unspecified atom stereocenters. The largest absolute Gasteiger partial charge is 0.342 e. The van der Waals surface area contributed by atoms with Crippen molar-refractivity contribution in [2.24, 2.45) is 0 Å². The zero-order valence-corrected chi connectivity index (χ0v) is 14.6. The molecule has 21 heavy (non-hydrogen) atoms. The van der Waals surface area contributed by atoms with Crippen LogP contribution in [0.3, 0.4) is 0 Å². The summed E-state index contributed by atoms with van der Waals surface area (Å²) in [4.78, 5) is 14.0. The third-order valence-electron chi connectivity index (χ3n) is 3.65. The van der Waals surface area contributed by atoms with Crippen molar-refractivity contribution < 1.29 is 13.2 Å². The number of nitrogens with zero attached hydrogens (tertiary/aromatic N) is 2. The summed E-state index contributed by atoms with van der Waals surface area (Å²) >= 11 is 3.35. The summed E-state index contributed by atoms with van der Waals surface area (Å²) in [6, 6.07) is 4.86. The molecular weight excluding hydrogens is 356 g/mol. The van der Waals surface area contributed by atoms with Crippen molar-refractivity contribution in [2.45, 2.75) is 24.7 Å². The quantitative estimate of drug-likeness (QED) is 0.809. The Morgan fingerprint density at radius 2 is 1.95 bits per heavy atom. The molecule has 0 aliphatic carbocycles. The molecule has 1 heterocycles. The van der Waals surface area contributed by atoms with Crippen molar-refractivity contribution >= 4 is 31.9 Å². The lowest BCUT2D eigenvalue weighted by atomic mass is 10.2. The van der Waals surface area contributed by atoms with E-state index in [-0.39, 0.29) is 17.3 Å². The Kier molecular flexibility index (Phi) is 5.06. The minimum Gasteiger partial charge on any atom is -0.342 e. The van der Waals surface area contributed by atoms with Crippen LogP contribution in [0.1, 0.15) is 18.4 Å². The summed E-state index contributed by atoms with van der Waals surface area (Å²) in [5.41, 5.74) is 0.843. The topological polar surface area (TPSA) is 57.7 Å². The van der Waals surface area contributed by atoms with Crippen LogP contribution >= 0.6 is 15.9 Å². The first-order chi connectivity index (χ1) is 9.82. The van der Waals surface area contributed by atoms with Gasteiger partial charge >= 0.3 is 0 Å². The van der Waals surface area contributed by atoms with Gasteiger partial charge in [-0.2, -0.15) is 4.31 Å². The second-order valence-corrected chi connectivity index (χ2v) is 8.16. The molecule has 5 nitrogen and oxygen atoms in total. The number of halogens is 1. The van der Waals surface area contributed by atoms with Gasteiger partial charge in [0, 0.05) is 24.6 Å². The average molecular weight is 375 g/mol. The van der Waals surface area contributed by atoms with Crippen LogP contribution in [0.15, 0.2) is 27.6 Å². The average Bonchev–Trinajstić information content (AvgIpc) is 2.95. The monoisotopic (exact) mass is 374 g/mol. The minimum atomic E-state index is -3.64. The molecule has 2 rings (SSSR count). The maximum absolute atomic E-state index is 12.5. The molecule has 0 radical (unpaired) electrons. The Balaban J connectivity index is 2.14. The summed E-state index contributed by atoms with van der Waals surface area (Å²) in [5.74, 6) is -0.132. The molecule has 0 N–H and O–H groups in total. The van der Waals surface area contributed by atoms with Crippen molar-refractivity contribution in [3.63, 3.8) is 0 Å². The lowest BCUT2D eigenvalue weighted by Gasteiger charge is -2.21. The Morgan fingerprint density at radius 3 is 2.52 bits per heavy atom. The van der Waals surface area contributed by atoms with Gasteiger partial charge in [-0.05, 0) is 43.5 Å². The highest BCUT2D eigenvalue weighted by molar-refractivity contribution is 9.10. The standard InChI is InChI=1S/C14H19BrN2O3S/c1-11-9-12(5-6-13(11)15)21(19,20)16(2)10-14(18)17-7-3-4-8-17/h5-6,9H,3-4,7-8,10H2,1-2H3. The fourth-order valence-corrected chi connectivity index (χ4v) is 3.75. The first-order valence-corrected chi connectivity index (χ1v) is 9.06. The molecule has 1 amide bonds. The van der Waals surface area contributed by atoms with Crippen molar-refractivity contribution in [2.75, 3.05) is 26.7 Å². The fourth-order valence-electron chi connectivity index (χ4n) is 2.30. The first kappa shape index (κ1) is 16.5. The van der Waals surface area contributed by atoms with E-state index in [2.05, 4.69) is 15.9 Å². The number of hydrogen-bond acceptors (Lipinski definition) is 3. The van der Waals surface area contributed by atoms with Crippen LogP contribution in [0.5, 0.6) is 0 Å². The Bertz CT molecular complexity index is 640. The van der Waals surface area contributed by atoms with Gasteiger partial charge in [0.1, 0.15) is 0 Å². The van der Waals surface area contributed by atoms with Gasteiger partial charge in [-0.25, -0.2) is 8.42 Å². The zero-order valence-electron chi connectivity index (χ0n) is 12.2. The van der Waals surface area contributed by atoms with E-state index < -0.39 is 10.0 Å².